The zero-order valence-corrected chi connectivity index (χ0v) is 22.8. The molecule has 4 heterocycles. The number of halogens is 1. The molecular weight excluding hydrogens is 525 g/mol. The lowest BCUT2D eigenvalue weighted by Gasteiger charge is -2.38. The molecule has 0 radical (unpaired) electrons. The van der Waals surface area contributed by atoms with E-state index in [1.54, 1.807) is 18.3 Å². The maximum Gasteiger partial charge on any atom is 0.257 e. The summed E-state index contributed by atoms with van der Waals surface area (Å²) in [6.07, 6.45) is 8.45. The molecule has 2 saturated carbocycles. The van der Waals surface area contributed by atoms with Crippen molar-refractivity contribution in [2.24, 2.45) is 5.41 Å². The number of pyridine rings is 1. The van der Waals surface area contributed by atoms with Crippen LogP contribution in [-0.2, 0) is 4.79 Å². The summed E-state index contributed by atoms with van der Waals surface area (Å²) in [7, 11) is 0. The molecule has 0 saturated heterocycles. The highest BCUT2D eigenvalue weighted by molar-refractivity contribution is 6.02. The molecule has 2 atom stereocenters. The number of rotatable bonds is 7. The minimum Gasteiger partial charge on any atom is -0.493 e. The fraction of sp³-hybridized carbons (Fsp3) is 0.355. The van der Waals surface area contributed by atoms with Gasteiger partial charge in [-0.1, -0.05) is 11.2 Å². The molecule has 2 aliphatic carbocycles. The van der Waals surface area contributed by atoms with Crippen molar-refractivity contribution in [3.8, 4) is 17.0 Å². The molecule has 41 heavy (non-hydrogen) atoms. The Morgan fingerprint density at radius 1 is 1.17 bits per heavy atom. The largest absolute Gasteiger partial charge is 0.493 e. The Kier molecular flexibility index (Phi) is 5.95. The first-order valence-corrected chi connectivity index (χ1v) is 13.9. The Morgan fingerprint density at radius 2 is 2.00 bits per heavy atom. The summed E-state index contributed by atoms with van der Waals surface area (Å²) in [6.45, 7) is 4.35. The SMILES string of the molecule is Cc1c[nH]c(C)c1-c1ccc(NC(=O)[C@@H](NC(=O)c2conc2C2CC2)C2c3ccc(F)cc3OCC23CC3)cn1. The first kappa shape index (κ1) is 25.5. The van der Waals surface area contributed by atoms with Crippen LogP contribution in [0.4, 0.5) is 10.1 Å². The molecule has 9 nitrogen and oxygen atoms in total. The lowest BCUT2D eigenvalue weighted by molar-refractivity contribution is -0.119. The van der Waals surface area contributed by atoms with E-state index in [2.05, 4.69) is 25.8 Å². The number of aryl methyl sites for hydroxylation is 2. The van der Waals surface area contributed by atoms with E-state index in [4.69, 9.17) is 9.26 Å². The fourth-order valence-corrected chi connectivity index (χ4v) is 6.15. The topological polar surface area (TPSA) is 122 Å². The summed E-state index contributed by atoms with van der Waals surface area (Å²) in [6, 6.07) is 7.07. The summed E-state index contributed by atoms with van der Waals surface area (Å²) in [5.41, 5.74) is 5.74. The average molecular weight is 556 g/mol. The molecule has 7 rings (SSSR count). The number of carbonyl (C=O) groups is 2. The highest BCUT2D eigenvalue weighted by atomic mass is 19.1. The fourth-order valence-electron chi connectivity index (χ4n) is 6.15. The van der Waals surface area contributed by atoms with E-state index in [0.29, 0.717) is 34.9 Å². The van der Waals surface area contributed by atoms with Crippen molar-refractivity contribution < 1.29 is 23.2 Å². The quantitative estimate of drug-likeness (QED) is 0.281. The predicted molar refractivity (Wildman–Crippen MR) is 148 cm³/mol. The first-order valence-electron chi connectivity index (χ1n) is 13.9. The second-order valence-corrected chi connectivity index (χ2v) is 11.5. The molecule has 0 bridgehead atoms. The van der Waals surface area contributed by atoms with E-state index in [0.717, 1.165) is 48.2 Å². The first-order chi connectivity index (χ1) is 19.8. The number of amides is 2. The summed E-state index contributed by atoms with van der Waals surface area (Å²) in [5.74, 6) is -1.06. The molecule has 3 N–H and O–H groups in total. The van der Waals surface area contributed by atoms with Crippen LogP contribution in [0.3, 0.4) is 0 Å². The minimum atomic E-state index is -0.964. The molecule has 2 fully saturated rings. The summed E-state index contributed by atoms with van der Waals surface area (Å²) in [4.78, 5) is 35.5. The van der Waals surface area contributed by atoms with Gasteiger partial charge in [0.05, 0.1) is 29.9 Å². The van der Waals surface area contributed by atoms with E-state index in [-0.39, 0.29) is 17.2 Å². The van der Waals surface area contributed by atoms with Crippen LogP contribution in [0.25, 0.3) is 11.3 Å². The molecule has 1 unspecified atom stereocenters. The molecule has 10 heteroatoms. The summed E-state index contributed by atoms with van der Waals surface area (Å²) in [5, 5.41) is 10.0. The number of anilines is 1. The molecule has 210 valence electrons. The van der Waals surface area contributed by atoms with Crippen molar-refractivity contribution in [3.63, 3.8) is 0 Å². The van der Waals surface area contributed by atoms with Crippen LogP contribution in [0.15, 0.2) is 53.5 Å². The van der Waals surface area contributed by atoms with Crippen LogP contribution >= 0.6 is 0 Å². The van der Waals surface area contributed by atoms with Crippen LogP contribution in [0.2, 0.25) is 0 Å². The number of aromatic amines is 1. The minimum absolute atomic E-state index is 0.195. The average Bonchev–Trinajstić information content (AvgIpc) is 3.88. The highest BCUT2D eigenvalue weighted by Crippen LogP contribution is 2.61. The lowest BCUT2D eigenvalue weighted by atomic mass is 9.75. The zero-order valence-electron chi connectivity index (χ0n) is 22.8. The third-order valence-electron chi connectivity index (χ3n) is 8.65. The zero-order chi connectivity index (χ0) is 28.3. The molecule has 1 aliphatic heterocycles. The van der Waals surface area contributed by atoms with E-state index in [1.165, 1.54) is 18.4 Å². The third-order valence-corrected chi connectivity index (χ3v) is 8.65. The number of aromatic nitrogens is 3. The van der Waals surface area contributed by atoms with Crippen molar-refractivity contribution in [2.75, 3.05) is 11.9 Å². The van der Waals surface area contributed by atoms with Gasteiger partial charge in [0.25, 0.3) is 5.91 Å². The van der Waals surface area contributed by atoms with Crippen molar-refractivity contribution in [2.45, 2.75) is 57.4 Å². The van der Waals surface area contributed by atoms with Gasteiger partial charge < -0.3 is 24.9 Å². The molecule has 3 aliphatic rings. The van der Waals surface area contributed by atoms with Crippen LogP contribution in [-0.4, -0.2) is 39.6 Å². The lowest BCUT2D eigenvalue weighted by Crippen LogP contribution is -2.52. The normalized spacial score (nSPS) is 19.2. The molecule has 1 aromatic carbocycles. The number of fused-ring (bicyclic) bond motifs is 1. The van der Waals surface area contributed by atoms with Crippen LogP contribution in [0.5, 0.6) is 5.75 Å². The maximum absolute atomic E-state index is 14.1. The van der Waals surface area contributed by atoms with Gasteiger partial charge in [-0.05, 0) is 63.3 Å². The van der Waals surface area contributed by atoms with Gasteiger partial charge >= 0.3 is 0 Å². The number of benzene rings is 1. The maximum atomic E-state index is 14.1. The molecule has 2 amide bonds. The summed E-state index contributed by atoms with van der Waals surface area (Å²) >= 11 is 0. The van der Waals surface area contributed by atoms with Gasteiger partial charge in [-0.25, -0.2) is 4.39 Å². The Hall–Kier alpha value is -4.47. The number of H-pyrrole nitrogens is 1. The van der Waals surface area contributed by atoms with Gasteiger partial charge in [0.2, 0.25) is 5.91 Å². The number of hydrogen-bond acceptors (Lipinski definition) is 6. The standard InChI is InChI=1S/C31H30FN5O4/c1-16-12-33-17(2)25(16)23-8-6-20(13-34-23)35-30(39)28(36-29(38)22-14-41-37-27(22)18-3-4-18)26-21-7-5-19(32)11-24(21)40-15-31(26)9-10-31/h5-8,11-14,18,26,28,33H,3-4,9-10,15H2,1-2H3,(H,35,39)(H,36,38)/t26?,28-/m0/s1. The molecule has 1 spiro atoms. The molecular formula is C31H30FN5O4. The van der Waals surface area contributed by atoms with Crippen molar-refractivity contribution in [3.05, 3.63) is 82.9 Å². The van der Waals surface area contributed by atoms with Crippen molar-refractivity contribution in [1.82, 2.24) is 20.4 Å². The Labute approximate surface area is 235 Å². The summed E-state index contributed by atoms with van der Waals surface area (Å²) < 4.78 is 25.2. The number of carbonyl (C=O) groups excluding carboxylic acids is 2. The van der Waals surface area contributed by atoms with Crippen molar-refractivity contribution >= 4 is 17.5 Å². The van der Waals surface area contributed by atoms with Crippen LogP contribution in [0, 0.1) is 25.1 Å². The number of nitrogens with zero attached hydrogens (tertiary/aromatic N) is 2. The Bertz CT molecular complexity index is 1630. The smallest absolute Gasteiger partial charge is 0.257 e. The van der Waals surface area contributed by atoms with Gasteiger partial charge in [0.1, 0.15) is 29.4 Å². The van der Waals surface area contributed by atoms with Gasteiger partial charge in [-0.15, -0.1) is 0 Å². The van der Waals surface area contributed by atoms with Crippen molar-refractivity contribution in [1.29, 1.82) is 0 Å². The Morgan fingerprint density at radius 3 is 2.68 bits per heavy atom. The van der Waals surface area contributed by atoms with E-state index in [1.807, 2.05) is 26.1 Å². The Balaban J connectivity index is 1.22. The second-order valence-electron chi connectivity index (χ2n) is 11.5. The molecule has 3 aromatic heterocycles. The van der Waals surface area contributed by atoms with Gasteiger partial charge in [-0.2, -0.15) is 0 Å². The van der Waals surface area contributed by atoms with Gasteiger partial charge in [0.15, 0.2) is 0 Å². The van der Waals surface area contributed by atoms with Crippen LogP contribution < -0.4 is 15.4 Å². The van der Waals surface area contributed by atoms with Gasteiger partial charge in [0, 0.05) is 46.3 Å². The van der Waals surface area contributed by atoms with Crippen LogP contribution in [0.1, 0.15) is 70.4 Å². The number of nitrogens with one attached hydrogen (secondary N) is 3. The monoisotopic (exact) mass is 555 g/mol. The highest BCUT2D eigenvalue weighted by Gasteiger charge is 2.58. The number of hydrogen-bond donors (Lipinski definition) is 3. The van der Waals surface area contributed by atoms with E-state index in [9.17, 15) is 14.0 Å². The van der Waals surface area contributed by atoms with E-state index >= 15 is 0 Å². The predicted octanol–water partition coefficient (Wildman–Crippen LogP) is 5.39. The van der Waals surface area contributed by atoms with E-state index < -0.39 is 23.7 Å². The second kappa shape index (κ2) is 9.57. The number of ether oxygens (including phenoxy) is 1. The molecule has 4 aromatic rings. The third kappa shape index (κ3) is 4.57. The van der Waals surface area contributed by atoms with Gasteiger partial charge in [-0.3, -0.25) is 14.6 Å².